The summed E-state index contributed by atoms with van der Waals surface area (Å²) in [6.07, 6.45) is 0. The van der Waals surface area contributed by atoms with Crippen LogP contribution in [-0.4, -0.2) is 54.1 Å². The first-order valence-corrected chi connectivity index (χ1v) is 4.35. The Kier molecular flexibility index (Phi) is 4.08. The zero-order chi connectivity index (χ0) is 7.49. The van der Waals surface area contributed by atoms with Crippen LogP contribution >= 0.6 is 0 Å². The molecule has 0 N–H and O–H groups in total. The standard InChI is InChI=1S/C6H14NO.Sn.H/c1-6(2,8)5-7(3)4;;/h5H2,1-4H3;;/q-1;+1;. The van der Waals surface area contributed by atoms with Gasteiger partial charge in [-0.15, -0.1) is 0 Å². The Balaban J connectivity index is 3.58. The molecule has 0 saturated heterocycles. The molecule has 0 aliphatic carbocycles. The second kappa shape index (κ2) is 3.78. The predicted molar refractivity (Wildman–Crippen MR) is 40.9 cm³/mol. The molecule has 0 saturated carbocycles. The molecule has 0 rings (SSSR count). The summed E-state index contributed by atoms with van der Waals surface area (Å²) in [5.41, 5.74) is 0.0474. The molecule has 9 heavy (non-hydrogen) atoms. The Morgan fingerprint density at radius 1 is 1.44 bits per heavy atom. The van der Waals surface area contributed by atoms with Crippen LogP contribution in [0.25, 0.3) is 0 Å². The molecule has 0 aliphatic rings. The van der Waals surface area contributed by atoms with Crippen LogP contribution in [-0.2, 0) is 3.07 Å². The zero-order valence-corrected chi connectivity index (χ0v) is 9.94. The van der Waals surface area contributed by atoms with Gasteiger partial charge in [-0.1, -0.05) is 0 Å². The topological polar surface area (TPSA) is 12.5 Å². The third-order valence-corrected chi connectivity index (χ3v) is 2.84. The molecule has 0 bridgehead atoms. The maximum atomic E-state index is 5.34. The van der Waals surface area contributed by atoms with Crippen LogP contribution in [0.15, 0.2) is 0 Å². The first kappa shape index (κ1) is 9.72. The Morgan fingerprint density at radius 2 is 1.89 bits per heavy atom. The zero-order valence-electron chi connectivity index (χ0n) is 6.64. The summed E-state index contributed by atoms with van der Waals surface area (Å²) in [5, 5.41) is 0. The van der Waals surface area contributed by atoms with Gasteiger partial charge in [0.1, 0.15) is 0 Å². The summed E-state index contributed by atoms with van der Waals surface area (Å²) in [7, 11) is 4.11. The molecule has 0 amide bonds. The van der Waals surface area contributed by atoms with E-state index in [2.05, 4.69) is 32.8 Å². The summed E-state index contributed by atoms with van der Waals surface area (Å²) >= 11 is 0.885. The number of nitrogens with zero attached hydrogens (tertiary/aromatic N) is 1. The maximum absolute atomic E-state index is 5.34. The van der Waals surface area contributed by atoms with Gasteiger partial charge in [0, 0.05) is 0 Å². The molecule has 0 aromatic heterocycles. The Bertz CT molecular complexity index is 83.1. The fourth-order valence-electron chi connectivity index (χ4n) is 0.799. The SMILES string of the molecule is CN(C)CC(C)(C)[O][SnH]. The van der Waals surface area contributed by atoms with Gasteiger partial charge in [0.15, 0.2) is 0 Å². The Hall–Kier alpha value is 0.719. The quantitative estimate of drug-likeness (QED) is 0.647. The molecule has 0 unspecified atom stereocenters. The second-order valence-corrected chi connectivity index (χ2v) is 3.79. The molecule has 0 aromatic rings. The number of likely N-dealkylation sites (N-methyl/N-ethyl adjacent to an activating group) is 1. The van der Waals surface area contributed by atoms with Crippen molar-refractivity contribution in [3.05, 3.63) is 0 Å². The number of hydrogen-bond acceptors (Lipinski definition) is 2. The van der Waals surface area contributed by atoms with E-state index >= 15 is 0 Å². The van der Waals surface area contributed by atoms with Gasteiger partial charge < -0.3 is 0 Å². The molecule has 0 atom stereocenters. The van der Waals surface area contributed by atoms with E-state index in [1.807, 2.05) is 0 Å². The molecular formula is C6H15NOSn. The van der Waals surface area contributed by atoms with E-state index in [1.165, 1.54) is 0 Å². The molecule has 2 nitrogen and oxygen atoms in total. The molecular weight excluding hydrogens is 221 g/mol. The van der Waals surface area contributed by atoms with E-state index in [9.17, 15) is 0 Å². The minimum atomic E-state index is 0.0474. The Labute approximate surface area is 71.2 Å². The van der Waals surface area contributed by atoms with Gasteiger partial charge in [-0.2, -0.15) is 0 Å². The van der Waals surface area contributed by atoms with Crippen LogP contribution < -0.4 is 0 Å². The van der Waals surface area contributed by atoms with Crippen LogP contribution in [0.4, 0.5) is 0 Å². The van der Waals surface area contributed by atoms with Crippen molar-refractivity contribution in [1.82, 2.24) is 4.90 Å². The van der Waals surface area contributed by atoms with Gasteiger partial charge in [-0.05, 0) is 0 Å². The van der Waals surface area contributed by atoms with Gasteiger partial charge in [-0.3, -0.25) is 0 Å². The fourth-order valence-corrected chi connectivity index (χ4v) is 1.01. The van der Waals surface area contributed by atoms with Gasteiger partial charge in [0.05, 0.1) is 0 Å². The molecule has 0 fully saturated rings. The Morgan fingerprint density at radius 3 is 2.00 bits per heavy atom. The number of hydrogen-bond donors (Lipinski definition) is 0. The van der Waals surface area contributed by atoms with Crippen molar-refractivity contribution < 1.29 is 3.07 Å². The average Bonchev–Trinajstić information content (AvgIpc) is 1.63. The van der Waals surface area contributed by atoms with Crippen molar-refractivity contribution in [2.75, 3.05) is 20.6 Å². The van der Waals surface area contributed by atoms with E-state index in [-0.39, 0.29) is 5.60 Å². The molecule has 54 valence electrons. The third kappa shape index (κ3) is 5.18. The summed E-state index contributed by atoms with van der Waals surface area (Å²) in [4.78, 5) is 2.14. The average molecular weight is 236 g/mol. The van der Waals surface area contributed by atoms with E-state index in [0.717, 1.165) is 29.5 Å². The predicted octanol–water partition coefficient (Wildman–Crippen LogP) is 0.159. The van der Waals surface area contributed by atoms with Crippen molar-refractivity contribution in [2.45, 2.75) is 19.4 Å². The molecule has 0 heterocycles. The summed E-state index contributed by atoms with van der Waals surface area (Å²) < 4.78 is 5.34. The molecule has 0 aromatic carbocycles. The van der Waals surface area contributed by atoms with Gasteiger partial charge in [0.25, 0.3) is 0 Å². The summed E-state index contributed by atoms with van der Waals surface area (Å²) in [6, 6.07) is 0. The van der Waals surface area contributed by atoms with Crippen LogP contribution in [0, 0.1) is 0 Å². The van der Waals surface area contributed by atoms with Crippen LogP contribution in [0.5, 0.6) is 0 Å². The second-order valence-electron chi connectivity index (χ2n) is 3.12. The number of rotatable bonds is 3. The van der Waals surface area contributed by atoms with Crippen molar-refractivity contribution in [1.29, 1.82) is 0 Å². The van der Waals surface area contributed by atoms with Gasteiger partial charge >= 0.3 is 71.0 Å². The summed E-state index contributed by atoms with van der Waals surface area (Å²) in [5.74, 6) is 0. The van der Waals surface area contributed by atoms with Crippen LogP contribution in [0.1, 0.15) is 13.8 Å². The van der Waals surface area contributed by atoms with Crippen molar-refractivity contribution in [3.63, 3.8) is 0 Å². The van der Waals surface area contributed by atoms with E-state index in [0.29, 0.717) is 0 Å². The first-order valence-electron chi connectivity index (χ1n) is 3.00. The van der Waals surface area contributed by atoms with Crippen molar-refractivity contribution in [2.24, 2.45) is 0 Å². The van der Waals surface area contributed by atoms with Gasteiger partial charge in [0.2, 0.25) is 0 Å². The van der Waals surface area contributed by atoms with E-state index in [1.54, 1.807) is 0 Å². The molecule has 0 aliphatic heterocycles. The summed E-state index contributed by atoms with van der Waals surface area (Å²) in [6.45, 7) is 5.21. The van der Waals surface area contributed by atoms with Crippen LogP contribution in [0.2, 0.25) is 0 Å². The molecule has 0 spiro atoms. The van der Waals surface area contributed by atoms with Crippen LogP contribution in [0.3, 0.4) is 0 Å². The monoisotopic (exact) mass is 237 g/mol. The van der Waals surface area contributed by atoms with Crippen molar-refractivity contribution in [3.8, 4) is 0 Å². The van der Waals surface area contributed by atoms with E-state index in [4.69, 9.17) is 3.07 Å². The normalized spacial score (nSPS) is 12.7. The van der Waals surface area contributed by atoms with E-state index < -0.39 is 0 Å². The molecule has 2 radical (unpaired) electrons. The van der Waals surface area contributed by atoms with Gasteiger partial charge in [-0.25, -0.2) is 0 Å². The minimum absolute atomic E-state index is 0.0474. The fraction of sp³-hybridized carbons (Fsp3) is 1.00. The molecule has 3 heteroatoms. The van der Waals surface area contributed by atoms with Crippen molar-refractivity contribution >= 4 is 22.9 Å². The first-order chi connectivity index (χ1) is 3.98. The third-order valence-electron chi connectivity index (χ3n) is 1.02.